The monoisotopic (exact) mass is 197 g/mol. The number of hydroxylamine groups is 1. The fourth-order valence-corrected chi connectivity index (χ4v) is 1.65. The van der Waals surface area contributed by atoms with Gasteiger partial charge in [0.25, 0.3) is 5.91 Å². The van der Waals surface area contributed by atoms with Gasteiger partial charge in [0.2, 0.25) is 0 Å². The molecular formula is C9H15N3O2. The minimum Gasteiger partial charge on any atom is -0.317 e. The molecule has 0 aromatic heterocycles. The number of nitrogens with zero attached hydrogens (tertiary/aromatic N) is 1. The molecule has 1 aliphatic carbocycles. The number of carbonyl (C=O) groups excluding carboxylic acids is 1. The van der Waals surface area contributed by atoms with Crippen LogP contribution in [0.5, 0.6) is 0 Å². The molecule has 0 aromatic rings. The molecule has 1 fully saturated rings. The quantitative estimate of drug-likeness (QED) is 0.500. The van der Waals surface area contributed by atoms with Gasteiger partial charge >= 0.3 is 0 Å². The van der Waals surface area contributed by atoms with Crippen molar-refractivity contribution in [2.24, 2.45) is 5.73 Å². The van der Waals surface area contributed by atoms with Gasteiger partial charge in [-0.2, -0.15) is 5.26 Å². The lowest BCUT2D eigenvalue weighted by atomic mass is 9.82. The molecular weight excluding hydrogens is 182 g/mol. The summed E-state index contributed by atoms with van der Waals surface area (Å²) < 4.78 is 0. The van der Waals surface area contributed by atoms with E-state index in [4.69, 9.17) is 11.0 Å². The molecule has 0 atom stereocenters. The second kappa shape index (κ2) is 4.94. The van der Waals surface area contributed by atoms with E-state index < -0.39 is 5.54 Å². The predicted octanol–water partition coefficient (Wildman–Crippen LogP) is 0.219. The lowest BCUT2D eigenvalue weighted by Crippen LogP contribution is -2.54. The van der Waals surface area contributed by atoms with Crippen LogP contribution in [0.1, 0.15) is 32.1 Å². The Morgan fingerprint density at radius 1 is 1.50 bits per heavy atom. The van der Waals surface area contributed by atoms with Crippen LogP contribution < -0.4 is 11.2 Å². The first-order valence-electron chi connectivity index (χ1n) is 4.77. The third-order valence-corrected chi connectivity index (χ3v) is 2.50. The van der Waals surface area contributed by atoms with Crippen LogP contribution in [0, 0.1) is 11.3 Å². The van der Waals surface area contributed by atoms with E-state index in [2.05, 4.69) is 10.3 Å². The van der Waals surface area contributed by atoms with Crippen molar-refractivity contribution in [3.63, 3.8) is 0 Å². The highest BCUT2D eigenvalue weighted by Gasteiger charge is 2.35. The van der Waals surface area contributed by atoms with Crippen LogP contribution in [-0.4, -0.2) is 18.1 Å². The van der Waals surface area contributed by atoms with Gasteiger partial charge in [-0.15, -0.1) is 0 Å². The van der Waals surface area contributed by atoms with Crippen molar-refractivity contribution in [2.45, 2.75) is 37.6 Å². The standard InChI is InChI=1S/C9H15N3O2/c10-6-7-14-12-8(13)9(11)4-2-1-3-5-9/h1-5,7,11H2,(H,12,13). The Labute approximate surface area is 83.2 Å². The van der Waals surface area contributed by atoms with E-state index in [1.807, 2.05) is 0 Å². The first-order chi connectivity index (χ1) is 6.69. The van der Waals surface area contributed by atoms with E-state index in [0.717, 1.165) is 19.3 Å². The Balaban J connectivity index is 2.38. The highest BCUT2D eigenvalue weighted by Crippen LogP contribution is 2.25. The Bertz CT molecular complexity index is 241. The maximum Gasteiger partial charge on any atom is 0.263 e. The van der Waals surface area contributed by atoms with E-state index >= 15 is 0 Å². The lowest BCUT2D eigenvalue weighted by Gasteiger charge is -2.31. The summed E-state index contributed by atoms with van der Waals surface area (Å²) in [5.74, 6) is -0.313. The summed E-state index contributed by atoms with van der Waals surface area (Å²) >= 11 is 0. The fourth-order valence-electron chi connectivity index (χ4n) is 1.65. The van der Waals surface area contributed by atoms with Gasteiger partial charge in [-0.3, -0.25) is 9.63 Å². The minimum absolute atomic E-state index is 0.151. The number of carbonyl (C=O) groups is 1. The number of nitriles is 1. The molecule has 0 saturated heterocycles. The Kier molecular flexibility index (Phi) is 3.86. The number of rotatable bonds is 3. The van der Waals surface area contributed by atoms with E-state index in [-0.39, 0.29) is 12.5 Å². The molecule has 1 rings (SSSR count). The van der Waals surface area contributed by atoms with Crippen molar-refractivity contribution in [3.05, 3.63) is 0 Å². The average Bonchev–Trinajstić information content (AvgIpc) is 2.19. The van der Waals surface area contributed by atoms with Gasteiger partial charge < -0.3 is 5.73 Å². The summed E-state index contributed by atoms with van der Waals surface area (Å²) in [6.07, 6.45) is 4.46. The molecule has 0 bridgehead atoms. The summed E-state index contributed by atoms with van der Waals surface area (Å²) in [6.45, 7) is -0.151. The average molecular weight is 197 g/mol. The van der Waals surface area contributed by atoms with Crippen molar-refractivity contribution in [1.29, 1.82) is 5.26 Å². The van der Waals surface area contributed by atoms with Gasteiger partial charge in [-0.25, -0.2) is 5.48 Å². The van der Waals surface area contributed by atoms with Crippen LogP contribution in [0.15, 0.2) is 0 Å². The van der Waals surface area contributed by atoms with Crippen molar-refractivity contribution in [1.82, 2.24) is 5.48 Å². The first kappa shape index (κ1) is 11.0. The van der Waals surface area contributed by atoms with E-state index in [1.54, 1.807) is 6.07 Å². The molecule has 78 valence electrons. The van der Waals surface area contributed by atoms with Crippen LogP contribution in [0.3, 0.4) is 0 Å². The smallest absolute Gasteiger partial charge is 0.263 e. The van der Waals surface area contributed by atoms with Crippen molar-refractivity contribution < 1.29 is 9.63 Å². The SMILES string of the molecule is N#CCONC(=O)C1(N)CCCCC1. The number of nitrogens with one attached hydrogen (secondary N) is 1. The molecule has 14 heavy (non-hydrogen) atoms. The third-order valence-electron chi connectivity index (χ3n) is 2.50. The molecule has 0 heterocycles. The zero-order valence-electron chi connectivity index (χ0n) is 8.08. The van der Waals surface area contributed by atoms with Crippen molar-refractivity contribution >= 4 is 5.91 Å². The summed E-state index contributed by atoms with van der Waals surface area (Å²) in [5.41, 5.74) is 7.32. The van der Waals surface area contributed by atoms with Gasteiger partial charge in [0, 0.05) is 0 Å². The van der Waals surface area contributed by atoms with E-state index in [9.17, 15) is 4.79 Å². The molecule has 0 spiro atoms. The predicted molar refractivity (Wildman–Crippen MR) is 49.7 cm³/mol. The van der Waals surface area contributed by atoms with Gasteiger partial charge in [0.05, 0.1) is 11.6 Å². The minimum atomic E-state index is -0.798. The molecule has 1 saturated carbocycles. The molecule has 5 nitrogen and oxygen atoms in total. The number of nitrogens with two attached hydrogens (primary N) is 1. The Morgan fingerprint density at radius 2 is 2.14 bits per heavy atom. The zero-order chi connectivity index (χ0) is 10.4. The molecule has 5 heteroatoms. The maximum atomic E-state index is 11.5. The van der Waals surface area contributed by atoms with Crippen molar-refractivity contribution in [3.8, 4) is 6.07 Å². The summed E-state index contributed by atoms with van der Waals surface area (Å²) in [7, 11) is 0. The largest absolute Gasteiger partial charge is 0.317 e. The molecule has 1 aliphatic rings. The summed E-state index contributed by atoms with van der Waals surface area (Å²) in [5, 5.41) is 8.20. The third kappa shape index (κ3) is 2.69. The van der Waals surface area contributed by atoms with Gasteiger partial charge in [-0.05, 0) is 12.8 Å². The number of hydrogen-bond acceptors (Lipinski definition) is 4. The van der Waals surface area contributed by atoms with E-state index in [1.165, 1.54) is 0 Å². The molecule has 0 aromatic carbocycles. The van der Waals surface area contributed by atoms with Gasteiger partial charge in [0.1, 0.15) is 0 Å². The van der Waals surface area contributed by atoms with Crippen LogP contribution in [0.4, 0.5) is 0 Å². The highest BCUT2D eigenvalue weighted by molar-refractivity contribution is 5.85. The summed E-state index contributed by atoms with van der Waals surface area (Å²) in [4.78, 5) is 16.1. The second-order valence-electron chi connectivity index (χ2n) is 3.59. The van der Waals surface area contributed by atoms with Crippen LogP contribution in [0.2, 0.25) is 0 Å². The second-order valence-corrected chi connectivity index (χ2v) is 3.59. The Hall–Kier alpha value is -1.12. The normalized spacial score (nSPS) is 19.7. The van der Waals surface area contributed by atoms with Crippen LogP contribution in [0.25, 0.3) is 0 Å². The lowest BCUT2D eigenvalue weighted by molar-refractivity contribution is -0.139. The molecule has 0 radical (unpaired) electrons. The molecule has 1 amide bonds. The molecule has 3 N–H and O–H groups in total. The molecule has 0 unspecified atom stereocenters. The maximum absolute atomic E-state index is 11.5. The molecule has 0 aliphatic heterocycles. The van der Waals surface area contributed by atoms with Crippen molar-refractivity contribution in [2.75, 3.05) is 6.61 Å². The highest BCUT2D eigenvalue weighted by atomic mass is 16.6. The fraction of sp³-hybridized carbons (Fsp3) is 0.778. The summed E-state index contributed by atoms with van der Waals surface area (Å²) in [6, 6.07) is 1.76. The van der Waals surface area contributed by atoms with E-state index in [0.29, 0.717) is 12.8 Å². The Morgan fingerprint density at radius 3 is 2.71 bits per heavy atom. The van der Waals surface area contributed by atoms with Crippen LogP contribution in [-0.2, 0) is 9.63 Å². The zero-order valence-corrected chi connectivity index (χ0v) is 8.08. The van der Waals surface area contributed by atoms with Gasteiger partial charge in [-0.1, -0.05) is 19.3 Å². The number of amides is 1. The first-order valence-corrected chi connectivity index (χ1v) is 4.77. The van der Waals surface area contributed by atoms with Crippen LogP contribution >= 0.6 is 0 Å². The number of hydrogen-bond donors (Lipinski definition) is 2. The van der Waals surface area contributed by atoms with Gasteiger partial charge in [0.15, 0.2) is 6.61 Å². The topological polar surface area (TPSA) is 88.1 Å².